The van der Waals surface area contributed by atoms with Crippen molar-refractivity contribution >= 4 is 5.69 Å². The number of aliphatic hydroxyl groups excluding tert-OH is 1. The van der Waals surface area contributed by atoms with Crippen LogP contribution in [0.5, 0.6) is 5.75 Å². The van der Waals surface area contributed by atoms with E-state index in [9.17, 15) is 9.50 Å². The van der Waals surface area contributed by atoms with Crippen LogP contribution in [0.4, 0.5) is 10.1 Å². The van der Waals surface area contributed by atoms with E-state index in [0.29, 0.717) is 11.3 Å². The van der Waals surface area contributed by atoms with E-state index in [1.807, 2.05) is 31.2 Å². The third-order valence-electron chi connectivity index (χ3n) is 3.62. The Morgan fingerprint density at radius 3 is 2.52 bits per heavy atom. The van der Waals surface area contributed by atoms with Gasteiger partial charge in [0, 0.05) is 5.69 Å². The van der Waals surface area contributed by atoms with Gasteiger partial charge < -0.3 is 15.2 Å². The molecule has 4 heteroatoms. The number of halogens is 1. The third kappa shape index (κ3) is 3.00. The Balaban J connectivity index is 2.49. The molecule has 0 saturated carbocycles. The number of methoxy groups -OCH3 is 1. The highest BCUT2D eigenvalue weighted by atomic mass is 19.1. The van der Waals surface area contributed by atoms with Crippen molar-refractivity contribution in [2.45, 2.75) is 19.4 Å². The number of aliphatic hydroxyl groups is 1. The molecule has 0 fully saturated rings. The molecule has 0 aliphatic carbocycles. The molecular formula is C17H20FNO2. The van der Waals surface area contributed by atoms with Crippen LogP contribution in [0.15, 0.2) is 42.5 Å². The molecule has 0 spiro atoms. The molecule has 0 aromatic heterocycles. The van der Waals surface area contributed by atoms with E-state index in [4.69, 9.17) is 4.74 Å². The molecule has 1 unspecified atom stereocenters. The summed E-state index contributed by atoms with van der Waals surface area (Å²) < 4.78 is 19.5. The number of nitrogens with one attached hydrogen (secondary N) is 1. The van der Waals surface area contributed by atoms with Gasteiger partial charge in [0.15, 0.2) is 0 Å². The second-order valence-electron chi connectivity index (χ2n) is 5.25. The lowest BCUT2D eigenvalue weighted by molar-refractivity contribution is 0.216. The second-order valence-corrected chi connectivity index (χ2v) is 5.25. The SMILES string of the molecule is COc1cccc(F)c1C(C)(CO)Nc1ccccc1C. The van der Waals surface area contributed by atoms with Crippen LogP contribution in [0.1, 0.15) is 18.1 Å². The summed E-state index contributed by atoms with van der Waals surface area (Å²) in [4.78, 5) is 0. The summed E-state index contributed by atoms with van der Waals surface area (Å²) in [5.41, 5.74) is 1.20. The van der Waals surface area contributed by atoms with Crippen molar-refractivity contribution in [3.05, 3.63) is 59.4 Å². The van der Waals surface area contributed by atoms with Gasteiger partial charge in [-0.3, -0.25) is 0 Å². The zero-order valence-corrected chi connectivity index (χ0v) is 12.5. The van der Waals surface area contributed by atoms with Crippen LogP contribution in [0.2, 0.25) is 0 Å². The van der Waals surface area contributed by atoms with Crippen LogP contribution < -0.4 is 10.1 Å². The first-order chi connectivity index (χ1) is 10.0. The quantitative estimate of drug-likeness (QED) is 0.885. The van der Waals surface area contributed by atoms with Gasteiger partial charge in [-0.05, 0) is 37.6 Å². The summed E-state index contributed by atoms with van der Waals surface area (Å²) in [6.07, 6.45) is 0. The van der Waals surface area contributed by atoms with Crippen molar-refractivity contribution in [1.82, 2.24) is 0 Å². The van der Waals surface area contributed by atoms with E-state index >= 15 is 0 Å². The van der Waals surface area contributed by atoms with Crippen molar-refractivity contribution in [3.8, 4) is 5.75 Å². The number of para-hydroxylation sites is 1. The van der Waals surface area contributed by atoms with Crippen LogP contribution in [0, 0.1) is 12.7 Å². The predicted octanol–water partition coefficient (Wildman–Crippen LogP) is 3.46. The average Bonchev–Trinajstić information content (AvgIpc) is 2.49. The Bertz CT molecular complexity index is 630. The Morgan fingerprint density at radius 1 is 1.19 bits per heavy atom. The van der Waals surface area contributed by atoms with Crippen LogP contribution in [-0.2, 0) is 5.54 Å². The first kappa shape index (κ1) is 15.3. The Labute approximate surface area is 124 Å². The van der Waals surface area contributed by atoms with Gasteiger partial charge in [0.1, 0.15) is 11.6 Å². The molecule has 0 bridgehead atoms. The monoisotopic (exact) mass is 289 g/mol. The molecule has 0 radical (unpaired) electrons. The predicted molar refractivity (Wildman–Crippen MR) is 82.2 cm³/mol. The molecule has 2 aromatic rings. The average molecular weight is 289 g/mol. The van der Waals surface area contributed by atoms with Crippen LogP contribution in [0.25, 0.3) is 0 Å². The molecule has 0 heterocycles. The number of benzene rings is 2. The molecule has 0 amide bonds. The van der Waals surface area contributed by atoms with Gasteiger partial charge in [-0.2, -0.15) is 0 Å². The van der Waals surface area contributed by atoms with E-state index in [0.717, 1.165) is 11.3 Å². The Hall–Kier alpha value is -2.07. The zero-order valence-electron chi connectivity index (χ0n) is 12.5. The number of hydrogen-bond donors (Lipinski definition) is 2. The summed E-state index contributed by atoms with van der Waals surface area (Å²) >= 11 is 0. The molecule has 1 atom stereocenters. The zero-order chi connectivity index (χ0) is 15.5. The minimum absolute atomic E-state index is 0.265. The standard InChI is InChI=1S/C17H20FNO2/c1-12-7-4-5-9-14(12)19-17(2,11-20)16-13(18)8-6-10-15(16)21-3/h4-10,19-20H,11H2,1-3H3. The topological polar surface area (TPSA) is 41.5 Å². The molecule has 0 saturated heterocycles. The molecule has 0 aliphatic heterocycles. The molecule has 21 heavy (non-hydrogen) atoms. The van der Waals surface area contributed by atoms with Gasteiger partial charge in [-0.25, -0.2) is 4.39 Å². The number of rotatable bonds is 5. The van der Waals surface area contributed by atoms with Crippen molar-refractivity contribution in [2.24, 2.45) is 0 Å². The number of hydrogen-bond acceptors (Lipinski definition) is 3. The lowest BCUT2D eigenvalue weighted by Gasteiger charge is -2.32. The molecule has 2 rings (SSSR count). The van der Waals surface area contributed by atoms with Crippen molar-refractivity contribution in [3.63, 3.8) is 0 Å². The Morgan fingerprint density at radius 2 is 1.90 bits per heavy atom. The maximum Gasteiger partial charge on any atom is 0.132 e. The second kappa shape index (κ2) is 6.14. The minimum atomic E-state index is -0.983. The number of anilines is 1. The molecule has 2 aromatic carbocycles. The van der Waals surface area contributed by atoms with E-state index in [1.54, 1.807) is 19.1 Å². The summed E-state index contributed by atoms with van der Waals surface area (Å²) in [5, 5.41) is 13.1. The number of ether oxygens (including phenoxy) is 1. The van der Waals surface area contributed by atoms with E-state index in [2.05, 4.69) is 5.32 Å². The van der Waals surface area contributed by atoms with E-state index < -0.39 is 11.4 Å². The van der Waals surface area contributed by atoms with Crippen molar-refractivity contribution in [1.29, 1.82) is 0 Å². The third-order valence-corrected chi connectivity index (χ3v) is 3.62. The fourth-order valence-electron chi connectivity index (χ4n) is 2.40. The van der Waals surface area contributed by atoms with Crippen molar-refractivity contribution in [2.75, 3.05) is 19.0 Å². The maximum atomic E-state index is 14.3. The Kier molecular flexibility index (Phi) is 4.48. The highest BCUT2D eigenvalue weighted by molar-refractivity contribution is 5.55. The van der Waals surface area contributed by atoms with Gasteiger partial charge in [0.05, 0.1) is 24.8 Å². The summed E-state index contributed by atoms with van der Waals surface area (Å²) in [6.45, 7) is 3.44. The molecule has 112 valence electrons. The normalized spacial score (nSPS) is 13.6. The maximum absolute atomic E-state index is 14.3. The van der Waals surface area contributed by atoms with Crippen LogP contribution >= 0.6 is 0 Å². The van der Waals surface area contributed by atoms with Gasteiger partial charge in [-0.1, -0.05) is 24.3 Å². The number of aryl methyl sites for hydroxylation is 1. The summed E-state index contributed by atoms with van der Waals surface area (Å²) in [5.74, 6) is -0.000353. The lowest BCUT2D eigenvalue weighted by Crippen LogP contribution is -2.37. The fraction of sp³-hybridized carbons (Fsp3) is 0.294. The van der Waals surface area contributed by atoms with Crippen LogP contribution in [-0.4, -0.2) is 18.8 Å². The molecular weight excluding hydrogens is 269 g/mol. The lowest BCUT2D eigenvalue weighted by atomic mass is 9.90. The van der Waals surface area contributed by atoms with E-state index in [1.165, 1.54) is 13.2 Å². The first-order valence-corrected chi connectivity index (χ1v) is 6.79. The van der Waals surface area contributed by atoms with Gasteiger partial charge >= 0.3 is 0 Å². The van der Waals surface area contributed by atoms with Crippen molar-refractivity contribution < 1.29 is 14.2 Å². The van der Waals surface area contributed by atoms with Crippen LogP contribution in [0.3, 0.4) is 0 Å². The smallest absolute Gasteiger partial charge is 0.132 e. The molecule has 0 aliphatic rings. The molecule has 3 nitrogen and oxygen atoms in total. The molecule has 2 N–H and O–H groups in total. The largest absolute Gasteiger partial charge is 0.496 e. The minimum Gasteiger partial charge on any atom is -0.496 e. The fourth-order valence-corrected chi connectivity index (χ4v) is 2.40. The highest BCUT2D eigenvalue weighted by Gasteiger charge is 2.32. The van der Waals surface area contributed by atoms with Gasteiger partial charge in [0.25, 0.3) is 0 Å². The summed E-state index contributed by atoms with van der Waals surface area (Å²) in [6, 6.07) is 12.3. The van der Waals surface area contributed by atoms with Gasteiger partial charge in [-0.15, -0.1) is 0 Å². The summed E-state index contributed by atoms with van der Waals surface area (Å²) in [7, 11) is 1.49. The first-order valence-electron chi connectivity index (χ1n) is 6.79. The highest BCUT2D eigenvalue weighted by Crippen LogP contribution is 2.35. The van der Waals surface area contributed by atoms with Gasteiger partial charge in [0.2, 0.25) is 0 Å². The van der Waals surface area contributed by atoms with E-state index in [-0.39, 0.29) is 6.61 Å².